The maximum atomic E-state index is 10.7. The molecule has 1 atom stereocenters. The molecule has 0 saturated carbocycles. The first-order chi connectivity index (χ1) is 6.70. The fourth-order valence-electron chi connectivity index (χ4n) is 1.01. The molecule has 1 N–H and O–H groups in total. The molecule has 1 rings (SSSR count). The van der Waals surface area contributed by atoms with Gasteiger partial charge in [0.15, 0.2) is 0 Å². The van der Waals surface area contributed by atoms with E-state index in [9.17, 15) is 4.79 Å². The van der Waals surface area contributed by atoms with Crippen molar-refractivity contribution in [2.75, 3.05) is 0 Å². The molecule has 78 valence electrons. The number of amides is 1. The van der Waals surface area contributed by atoms with E-state index in [0.29, 0.717) is 0 Å². The van der Waals surface area contributed by atoms with Gasteiger partial charge in [-0.15, -0.1) is 0 Å². The van der Waals surface area contributed by atoms with Crippen LogP contribution < -0.4 is 5.32 Å². The van der Waals surface area contributed by atoms with E-state index in [4.69, 9.17) is 0 Å². The molecule has 0 fully saturated rings. The molecule has 0 aliphatic rings. The third-order valence-electron chi connectivity index (χ3n) is 1.55. The Labute approximate surface area is 85.6 Å². The van der Waals surface area contributed by atoms with Crippen LogP contribution >= 0.6 is 0 Å². The van der Waals surface area contributed by atoms with E-state index in [-0.39, 0.29) is 11.9 Å². The predicted octanol–water partition coefficient (Wildman–Crippen LogP) is 2.30. The number of nitrogens with zero attached hydrogens (tertiary/aromatic N) is 1. The highest BCUT2D eigenvalue weighted by atomic mass is 16.1. The molecule has 0 radical (unpaired) electrons. The first-order valence-electron chi connectivity index (χ1n) is 4.88. The van der Waals surface area contributed by atoms with Crippen molar-refractivity contribution in [3.8, 4) is 0 Å². The highest BCUT2D eigenvalue weighted by molar-refractivity contribution is 5.73. The van der Waals surface area contributed by atoms with Crippen molar-refractivity contribution in [3.05, 3.63) is 30.1 Å². The van der Waals surface area contributed by atoms with Gasteiger partial charge in [-0.1, -0.05) is 19.9 Å². The van der Waals surface area contributed by atoms with E-state index in [2.05, 4.69) is 10.3 Å². The van der Waals surface area contributed by atoms with Crippen LogP contribution in [0.2, 0.25) is 0 Å². The lowest BCUT2D eigenvalue weighted by molar-refractivity contribution is -0.119. The maximum Gasteiger partial charge on any atom is 0.217 e. The molecule has 0 spiro atoms. The van der Waals surface area contributed by atoms with E-state index in [0.717, 1.165) is 5.69 Å². The Morgan fingerprint density at radius 3 is 2.50 bits per heavy atom. The summed E-state index contributed by atoms with van der Waals surface area (Å²) in [4.78, 5) is 14.8. The lowest BCUT2D eigenvalue weighted by atomic mass is 10.2. The van der Waals surface area contributed by atoms with E-state index in [1.807, 2.05) is 39.0 Å². The van der Waals surface area contributed by atoms with Crippen molar-refractivity contribution in [2.24, 2.45) is 0 Å². The van der Waals surface area contributed by atoms with Crippen LogP contribution in [0.4, 0.5) is 0 Å². The van der Waals surface area contributed by atoms with Crippen molar-refractivity contribution in [2.45, 2.75) is 33.7 Å². The second-order valence-electron chi connectivity index (χ2n) is 2.68. The monoisotopic (exact) mass is 194 g/mol. The number of rotatable bonds is 2. The first kappa shape index (κ1) is 12.6. The van der Waals surface area contributed by atoms with E-state index >= 15 is 0 Å². The Kier molecular flexibility index (Phi) is 6.37. The molecular weight excluding hydrogens is 176 g/mol. The fraction of sp³-hybridized carbons (Fsp3) is 0.455. The summed E-state index contributed by atoms with van der Waals surface area (Å²) in [6.07, 6.45) is 1.72. The Balaban J connectivity index is 0.000000791. The van der Waals surface area contributed by atoms with Crippen LogP contribution in [0, 0.1) is 0 Å². The summed E-state index contributed by atoms with van der Waals surface area (Å²) in [6.45, 7) is 7.41. The van der Waals surface area contributed by atoms with Gasteiger partial charge in [-0.2, -0.15) is 0 Å². The minimum absolute atomic E-state index is 0.0105. The Bertz CT molecular complexity index is 259. The van der Waals surface area contributed by atoms with Crippen molar-refractivity contribution in [3.63, 3.8) is 0 Å². The molecule has 3 nitrogen and oxygen atoms in total. The quantitative estimate of drug-likeness (QED) is 0.785. The SMILES string of the molecule is CC.CC(=O)NC(C)c1ccccn1. The average Bonchev–Trinajstić information content (AvgIpc) is 2.21. The topological polar surface area (TPSA) is 42.0 Å². The smallest absolute Gasteiger partial charge is 0.217 e. The number of nitrogens with one attached hydrogen (secondary N) is 1. The number of carbonyl (C=O) groups excluding carboxylic acids is 1. The number of carbonyl (C=O) groups is 1. The van der Waals surface area contributed by atoms with Crippen molar-refractivity contribution < 1.29 is 4.79 Å². The third-order valence-corrected chi connectivity index (χ3v) is 1.55. The standard InChI is InChI=1S/C9H12N2O.C2H6/c1-7(11-8(2)12)9-5-3-4-6-10-9;1-2/h3-7H,1-2H3,(H,11,12);1-2H3. The van der Waals surface area contributed by atoms with E-state index < -0.39 is 0 Å². The molecule has 1 heterocycles. The molecule has 0 aliphatic carbocycles. The Morgan fingerprint density at radius 2 is 2.07 bits per heavy atom. The van der Waals surface area contributed by atoms with Gasteiger partial charge in [0.05, 0.1) is 11.7 Å². The average molecular weight is 194 g/mol. The minimum atomic E-state index is -0.0341. The summed E-state index contributed by atoms with van der Waals surface area (Å²) < 4.78 is 0. The molecule has 1 unspecified atom stereocenters. The number of aromatic nitrogens is 1. The Morgan fingerprint density at radius 1 is 1.43 bits per heavy atom. The molecular formula is C11H18N2O. The van der Waals surface area contributed by atoms with Gasteiger partial charge < -0.3 is 5.32 Å². The van der Waals surface area contributed by atoms with Gasteiger partial charge in [0.1, 0.15) is 0 Å². The number of hydrogen-bond acceptors (Lipinski definition) is 2. The summed E-state index contributed by atoms with van der Waals surface area (Å²) in [5.41, 5.74) is 0.882. The van der Waals surface area contributed by atoms with Gasteiger partial charge in [-0.05, 0) is 19.1 Å². The molecule has 14 heavy (non-hydrogen) atoms. The molecule has 1 aromatic heterocycles. The first-order valence-corrected chi connectivity index (χ1v) is 4.88. The predicted molar refractivity (Wildman–Crippen MR) is 57.8 cm³/mol. The van der Waals surface area contributed by atoms with Gasteiger partial charge in [-0.25, -0.2) is 0 Å². The lowest BCUT2D eigenvalue weighted by Gasteiger charge is -2.10. The fourth-order valence-corrected chi connectivity index (χ4v) is 1.01. The molecule has 0 aliphatic heterocycles. The summed E-state index contributed by atoms with van der Waals surface area (Å²) in [7, 11) is 0. The van der Waals surface area contributed by atoms with Crippen molar-refractivity contribution in [1.29, 1.82) is 0 Å². The van der Waals surface area contributed by atoms with Gasteiger partial charge in [0.25, 0.3) is 0 Å². The lowest BCUT2D eigenvalue weighted by Crippen LogP contribution is -2.24. The van der Waals surface area contributed by atoms with Crippen LogP contribution in [0.1, 0.15) is 39.4 Å². The van der Waals surface area contributed by atoms with Gasteiger partial charge in [0, 0.05) is 13.1 Å². The minimum Gasteiger partial charge on any atom is -0.348 e. The largest absolute Gasteiger partial charge is 0.348 e. The van der Waals surface area contributed by atoms with Crippen molar-refractivity contribution in [1.82, 2.24) is 10.3 Å². The van der Waals surface area contributed by atoms with Gasteiger partial charge >= 0.3 is 0 Å². The Hall–Kier alpha value is -1.38. The molecule has 0 bridgehead atoms. The van der Waals surface area contributed by atoms with Crippen LogP contribution in [0.5, 0.6) is 0 Å². The van der Waals surface area contributed by atoms with Crippen LogP contribution in [0.3, 0.4) is 0 Å². The van der Waals surface area contributed by atoms with Crippen LogP contribution in [-0.2, 0) is 4.79 Å². The number of pyridine rings is 1. The molecule has 3 heteroatoms. The van der Waals surface area contributed by atoms with Gasteiger partial charge in [-0.3, -0.25) is 9.78 Å². The summed E-state index contributed by atoms with van der Waals surface area (Å²) in [5.74, 6) is -0.0341. The van der Waals surface area contributed by atoms with Crippen LogP contribution in [0.25, 0.3) is 0 Å². The van der Waals surface area contributed by atoms with Crippen LogP contribution in [0.15, 0.2) is 24.4 Å². The molecule has 0 saturated heterocycles. The van der Waals surface area contributed by atoms with Gasteiger partial charge in [0.2, 0.25) is 5.91 Å². The highest BCUT2D eigenvalue weighted by Crippen LogP contribution is 2.06. The maximum absolute atomic E-state index is 10.7. The van der Waals surface area contributed by atoms with Crippen LogP contribution in [-0.4, -0.2) is 10.9 Å². The zero-order valence-corrected chi connectivity index (χ0v) is 9.24. The summed E-state index contributed by atoms with van der Waals surface area (Å²) in [5, 5.41) is 2.76. The number of hydrogen-bond donors (Lipinski definition) is 1. The normalized spacial score (nSPS) is 10.9. The zero-order chi connectivity index (χ0) is 11.0. The third kappa shape index (κ3) is 4.60. The summed E-state index contributed by atoms with van der Waals surface area (Å²) in [6, 6.07) is 5.63. The molecule has 0 aromatic carbocycles. The second-order valence-corrected chi connectivity index (χ2v) is 2.68. The summed E-state index contributed by atoms with van der Waals surface area (Å²) >= 11 is 0. The van der Waals surface area contributed by atoms with E-state index in [1.165, 1.54) is 6.92 Å². The zero-order valence-electron chi connectivity index (χ0n) is 9.24. The second kappa shape index (κ2) is 7.06. The highest BCUT2D eigenvalue weighted by Gasteiger charge is 2.05. The van der Waals surface area contributed by atoms with E-state index in [1.54, 1.807) is 6.20 Å². The molecule has 1 aromatic rings. The molecule has 1 amide bonds. The van der Waals surface area contributed by atoms with Crippen molar-refractivity contribution >= 4 is 5.91 Å².